The number of halogens is 1. The first kappa shape index (κ1) is 18.5. The Kier molecular flexibility index (Phi) is 7.30. The summed E-state index contributed by atoms with van der Waals surface area (Å²) in [6, 6.07) is 10.4. The Morgan fingerprint density at radius 2 is 2.00 bits per heavy atom. The van der Waals surface area contributed by atoms with E-state index < -0.39 is 0 Å². The van der Waals surface area contributed by atoms with Crippen molar-refractivity contribution in [2.24, 2.45) is 4.99 Å². The van der Waals surface area contributed by atoms with Crippen molar-refractivity contribution in [1.29, 1.82) is 0 Å². The van der Waals surface area contributed by atoms with E-state index in [4.69, 9.17) is 4.42 Å². The molecule has 0 saturated heterocycles. The van der Waals surface area contributed by atoms with Crippen LogP contribution in [0.3, 0.4) is 0 Å². The van der Waals surface area contributed by atoms with Crippen molar-refractivity contribution in [1.82, 2.24) is 15.6 Å². The van der Waals surface area contributed by atoms with Gasteiger partial charge in [-0.15, -0.1) is 24.0 Å². The van der Waals surface area contributed by atoms with Gasteiger partial charge in [0.05, 0.1) is 6.20 Å². The highest BCUT2D eigenvalue weighted by Crippen LogP contribution is 2.19. The summed E-state index contributed by atoms with van der Waals surface area (Å²) < 4.78 is 5.78. The summed E-state index contributed by atoms with van der Waals surface area (Å²) in [6.45, 7) is 3.30. The molecule has 0 atom stereocenters. The largest absolute Gasteiger partial charge is 0.439 e. The van der Waals surface area contributed by atoms with Crippen LogP contribution in [0.5, 0.6) is 0 Å². The summed E-state index contributed by atoms with van der Waals surface area (Å²) in [5, 5.41) is 6.69. The van der Waals surface area contributed by atoms with Gasteiger partial charge in [-0.2, -0.15) is 0 Å². The normalized spacial score (nSPS) is 14.5. The van der Waals surface area contributed by atoms with Crippen LogP contribution in [0.15, 0.2) is 58.1 Å². The molecule has 2 aromatic rings. The SMILES string of the molecule is CCNC(=NCc1ncc(-c2ccccc2)o1)NC1CC=CC1.I. The Morgan fingerprint density at radius 1 is 1.25 bits per heavy atom. The smallest absolute Gasteiger partial charge is 0.216 e. The molecule has 128 valence electrons. The van der Waals surface area contributed by atoms with E-state index in [0.717, 1.165) is 36.7 Å². The van der Waals surface area contributed by atoms with Gasteiger partial charge in [-0.3, -0.25) is 0 Å². The van der Waals surface area contributed by atoms with Crippen LogP contribution in [0.1, 0.15) is 25.7 Å². The maximum Gasteiger partial charge on any atom is 0.216 e. The summed E-state index contributed by atoms with van der Waals surface area (Å²) in [6.07, 6.45) is 8.23. The van der Waals surface area contributed by atoms with Crippen LogP contribution in [0.25, 0.3) is 11.3 Å². The number of hydrogen-bond donors (Lipinski definition) is 2. The summed E-state index contributed by atoms with van der Waals surface area (Å²) >= 11 is 0. The second-order valence-electron chi connectivity index (χ2n) is 5.46. The molecule has 1 heterocycles. The highest BCUT2D eigenvalue weighted by Gasteiger charge is 2.12. The van der Waals surface area contributed by atoms with Gasteiger partial charge in [0.25, 0.3) is 0 Å². The van der Waals surface area contributed by atoms with Crippen LogP contribution in [0, 0.1) is 0 Å². The molecule has 6 heteroatoms. The van der Waals surface area contributed by atoms with E-state index in [9.17, 15) is 0 Å². The number of aromatic nitrogens is 1. The molecule has 0 fully saturated rings. The third kappa shape index (κ3) is 5.09. The zero-order valence-electron chi connectivity index (χ0n) is 13.7. The molecule has 0 saturated carbocycles. The molecule has 0 bridgehead atoms. The number of rotatable bonds is 5. The van der Waals surface area contributed by atoms with Crippen LogP contribution in [0.2, 0.25) is 0 Å². The van der Waals surface area contributed by atoms with E-state index in [0.29, 0.717) is 18.5 Å². The number of nitrogens with one attached hydrogen (secondary N) is 2. The third-order valence-corrected chi connectivity index (χ3v) is 3.68. The van der Waals surface area contributed by atoms with Crippen molar-refractivity contribution in [3.05, 3.63) is 54.6 Å². The van der Waals surface area contributed by atoms with Crippen LogP contribution < -0.4 is 10.6 Å². The number of hydrogen-bond acceptors (Lipinski definition) is 3. The third-order valence-electron chi connectivity index (χ3n) is 3.68. The Hall–Kier alpha value is -1.83. The van der Waals surface area contributed by atoms with E-state index in [1.54, 1.807) is 6.20 Å². The highest BCUT2D eigenvalue weighted by molar-refractivity contribution is 14.0. The summed E-state index contributed by atoms with van der Waals surface area (Å²) in [4.78, 5) is 8.88. The van der Waals surface area contributed by atoms with E-state index in [1.165, 1.54) is 0 Å². The number of benzene rings is 1. The fraction of sp³-hybridized carbons (Fsp3) is 0.333. The predicted molar refractivity (Wildman–Crippen MR) is 107 cm³/mol. The second-order valence-corrected chi connectivity index (χ2v) is 5.46. The van der Waals surface area contributed by atoms with Crippen molar-refractivity contribution in [3.63, 3.8) is 0 Å². The lowest BCUT2D eigenvalue weighted by Gasteiger charge is -2.16. The lowest BCUT2D eigenvalue weighted by Crippen LogP contribution is -2.42. The highest BCUT2D eigenvalue weighted by atomic mass is 127. The molecule has 3 rings (SSSR count). The Bertz CT molecular complexity index is 673. The monoisotopic (exact) mass is 438 g/mol. The summed E-state index contributed by atoms with van der Waals surface area (Å²) in [5.74, 6) is 2.19. The number of oxazole rings is 1. The molecule has 1 aromatic carbocycles. The maximum absolute atomic E-state index is 5.78. The van der Waals surface area contributed by atoms with Gasteiger partial charge in [0.1, 0.15) is 6.54 Å². The van der Waals surface area contributed by atoms with Crippen LogP contribution >= 0.6 is 24.0 Å². The van der Waals surface area contributed by atoms with Gasteiger partial charge in [-0.1, -0.05) is 42.5 Å². The van der Waals surface area contributed by atoms with Gasteiger partial charge in [0, 0.05) is 18.2 Å². The molecular weight excluding hydrogens is 415 g/mol. The van der Waals surface area contributed by atoms with Crippen molar-refractivity contribution >= 4 is 29.9 Å². The molecule has 1 aliphatic carbocycles. The van der Waals surface area contributed by atoms with E-state index in [2.05, 4.69) is 39.7 Å². The molecular formula is C18H23IN4O. The zero-order chi connectivity index (χ0) is 15.9. The predicted octanol–water partition coefficient (Wildman–Crippen LogP) is 3.73. The molecule has 1 aliphatic rings. The van der Waals surface area contributed by atoms with E-state index >= 15 is 0 Å². The molecule has 2 N–H and O–H groups in total. The van der Waals surface area contributed by atoms with Gasteiger partial charge in [0.15, 0.2) is 11.7 Å². The minimum Gasteiger partial charge on any atom is -0.439 e. The number of nitrogens with zero attached hydrogens (tertiary/aromatic N) is 2. The second kappa shape index (κ2) is 9.46. The Balaban J connectivity index is 0.00000208. The first-order valence-corrected chi connectivity index (χ1v) is 8.05. The minimum absolute atomic E-state index is 0. The van der Waals surface area contributed by atoms with E-state index in [-0.39, 0.29) is 24.0 Å². The fourth-order valence-electron chi connectivity index (χ4n) is 2.51. The molecule has 1 aromatic heterocycles. The number of guanidine groups is 1. The Morgan fingerprint density at radius 3 is 2.71 bits per heavy atom. The topological polar surface area (TPSA) is 62.5 Å². The molecule has 0 amide bonds. The molecule has 0 spiro atoms. The molecule has 24 heavy (non-hydrogen) atoms. The van der Waals surface area contributed by atoms with Crippen LogP contribution in [0.4, 0.5) is 0 Å². The summed E-state index contributed by atoms with van der Waals surface area (Å²) in [7, 11) is 0. The van der Waals surface area contributed by atoms with Crippen molar-refractivity contribution in [2.75, 3.05) is 6.54 Å². The first-order valence-electron chi connectivity index (χ1n) is 8.05. The van der Waals surface area contributed by atoms with Crippen molar-refractivity contribution in [3.8, 4) is 11.3 Å². The van der Waals surface area contributed by atoms with Crippen molar-refractivity contribution < 1.29 is 4.42 Å². The Labute approximate surface area is 159 Å². The molecule has 0 unspecified atom stereocenters. The fourth-order valence-corrected chi connectivity index (χ4v) is 2.51. The minimum atomic E-state index is 0. The molecule has 0 aliphatic heterocycles. The van der Waals surface area contributed by atoms with Gasteiger partial charge in [-0.25, -0.2) is 9.98 Å². The van der Waals surface area contributed by atoms with Crippen molar-refractivity contribution in [2.45, 2.75) is 32.4 Å². The van der Waals surface area contributed by atoms with Gasteiger partial charge < -0.3 is 15.1 Å². The quantitative estimate of drug-likeness (QED) is 0.323. The van der Waals surface area contributed by atoms with Crippen LogP contribution in [-0.4, -0.2) is 23.5 Å². The van der Waals surface area contributed by atoms with Crippen LogP contribution in [-0.2, 0) is 6.54 Å². The average molecular weight is 438 g/mol. The molecule has 0 radical (unpaired) electrons. The lowest BCUT2D eigenvalue weighted by molar-refractivity contribution is 0.508. The van der Waals surface area contributed by atoms with Gasteiger partial charge >= 0.3 is 0 Å². The zero-order valence-corrected chi connectivity index (χ0v) is 16.1. The summed E-state index contributed by atoms with van der Waals surface area (Å²) in [5.41, 5.74) is 1.03. The average Bonchev–Trinajstić information content (AvgIpc) is 3.25. The lowest BCUT2D eigenvalue weighted by atomic mass is 10.2. The maximum atomic E-state index is 5.78. The van der Waals surface area contributed by atoms with E-state index in [1.807, 2.05) is 30.3 Å². The standard InChI is InChI=1S/C18H22N4O.HI/c1-2-19-18(22-15-10-6-7-11-15)21-13-17-20-12-16(23-17)14-8-4-3-5-9-14;/h3-9,12,15H,2,10-11,13H2,1H3,(H2,19,21,22);1H. The molecule has 5 nitrogen and oxygen atoms in total. The van der Waals surface area contributed by atoms with Gasteiger partial charge in [-0.05, 0) is 19.8 Å². The number of aliphatic imine (C=N–C) groups is 1. The van der Waals surface area contributed by atoms with Gasteiger partial charge in [0.2, 0.25) is 5.89 Å². The first-order chi connectivity index (χ1) is 11.3.